The van der Waals surface area contributed by atoms with Gasteiger partial charge in [0.15, 0.2) is 5.69 Å². The van der Waals surface area contributed by atoms with Gasteiger partial charge in [-0.3, -0.25) is 19.6 Å². The summed E-state index contributed by atoms with van der Waals surface area (Å²) in [6.07, 6.45) is -4.62. The zero-order chi connectivity index (χ0) is 20.4. The molecule has 146 valence electrons. The molecule has 0 fully saturated rings. The molecular formula is C18H21F3N4O2. The second kappa shape index (κ2) is 7.81. The van der Waals surface area contributed by atoms with E-state index in [1.165, 1.54) is 6.07 Å². The maximum atomic E-state index is 13.1. The number of aromatic nitrogens is 2. The van der Waals surface area contributed by atoms with Crippen LogP contribution in [0.15, 0.2) is 24.3 Å². The normalized spacial score (nSPS) is 11.6. The lowest BCUT2D eigenvalue weighted by atomic mass is 9.99. The Balaban J connectivity index is 2.46. The van der Waals surface area contributed by atoms with Crippen LogP contribution >= 0.6 is 0 Å². The Kier molecular flexibility index (Phi) is 5.92. The number of amides is 2. The van der Waals surface area contributed by atoms with Crippen molar-refractivity contribution in [2.45, 2.75) is 39.9 Å². The lowest BCUT2D eigenvalue weighted by Crippen LogP contribution is -2.36. The van der Waals surface area contributed by atoms with Crippen molar-refractivity contribution >= 4 is 17.6 Å². The van der Waals surface area contributed by atoms with Gasteiger partial charge in [-0.15, -0.1) is 0 Å². The molecule has 0 atom stereocenters. The zero-order valence-corrected chi connectivity index (χ0v) is 15.4. The van der Waals surface area contributed by atoms with E-state index in [0.717, 1.165) is 11.0 Å². The minimum Gasteiger partial charge on any atom is -0.350 e. The van der Waals surface area contributed by atoms with Crippen molar-refractivity contribution in [2.75, 3.05) is 11.4 Å². The summed E-state index contributed by atoms with van der Waals surface area (Å²) in [4.78, 5) is 26.7. The maximum absolute atomic E-state index is 13.1. The van der Waals surface area contributed by atoms with Gasteiger partial charge in [0, 0.05) is 18.7 Å². The number of carbonyl (C=O) groups excluding carboxylic acids is 2. The fourth-order valence-electron chi connectivity index (χ4n) is 2.63. The molecule has 0 aliphatic heterocycles. The van der Waals surface area contributed by atoms with Gasteiger partial charge in [-0.2, -0.15) is 18.3 Å². The monoisotopic (exact) mass is 382 g/mol. The van der Waals surface area contributed by atoms with Crippen molar-refractivity contribution in [3.8, 4) is 0 Å². The predicted molar refractivity (Wildman–Crippen MR) is 94.7 cm³/mol. The predicted octanol–water partition coefficient (Wildman–Crippen LogP) is 3.54. The number of H-pyrrole nitrogens is 1. The molecule has 9 heteroatoms. The average molecular weight is 382 g/mol. The van der Waals surface area contributed by atoms with Gasteiger partial charge in [-0.25, -0.2) is 0 Å². The number of nitrogens with one attached hydrogen (secondary N) is 2. The topological polar surface area (TPSA) is 78.1 Å². The Hall–Kier alpha value is -2.84. The SMILES string of the molecule is CCN(C(=O)c1c(C)cccc1C(=O)NC(C)C)c1cc(C(F)(F)F)n[nH]1. The van der Waals surface area contributed by atoms with Crippen LogP contribution in [0, 0.1) is 6.92 Å². The summed E-state index contributed by atoms with van der Waals surface area (Å²) in [5.74, 6) is -1.09. The van der Waals surface area contributed by atoms with E-state index >= 15 is 0 Å². The molecule has 1 aromatic heterocycles. The molecule has 0 spiro atoms. The number of alkyl halides is 3. The quantitative estimate of drug-likeness (QED) is 0.830. The van der Waals surface area contributed by atoms with Crippen molar-refractivity contribution in [2.24, 2.45) is 0 Å². The van der Waals surface area contributed by atoms with Crippen LogP contribution in [-0.2, 0) is 6.18 Å². The summed E-state index contributed by atoms with van der Waals surface area (Å²) < 4.78 is 38.4. The van der Waals surface area contributed by atoms with Gasteiger partial charge in [0.1, 0.15) is 5.82 Å². The number of nitrogens with zero attached hydrogens (tertiary/aromatic N) is 2. The maximum Gasteiger partial charge on any atom is 0.435 e. The van der Waals surface area contributed by atoms with E-state index in [4.69, 9.17) is 0 Å². The first-order chi connectivity index (χ1) is 12.6. The van der Waals surface area contributed by atoms with Crippen molar-refractivity contribution < 1.29 is 22.8 Å². The van der Waals surface area contributed by atoms with E-state index < -0.39 is 23.7 Å². The second-order valence-electron chi connectivity index (χ2n) is 6.31. The molecule has 1 aromatic carbocycles. The Morgan fingerprint density at radius 1 is 1.30 bits per heavy atom. The number of carbonyl (C=O) groups is 2. The minimum atomic E-state index is -4.62. The summed E-state index contributed by atoms with van der Waals surface area (Å²) in [5, 5.41) is 8.20. The van der Waals surface area contributed by atoms with Crippen LogP contribution in [0.4, 0.5) is 19.0 Å². The van der Waals surface area contributed by atoms with E-state index in [2.05, 4.69) is 15.5 Å². The number of anilines is 1. The smallest absolute Gasteiger partial charge is 0.350 e. The van der Waals surface area contributed by atoms with Gasteiger partial charge in [0.2, 0.25) is 0 Å². The number of halogens is 3. The second-order valence-corrected chi connectivity index (χ2v) is 6.31. The molecule has 6 nitrogen and oxygen atoms in total. The third-order valence-corrected chi connectivity index (χ3v) is 3.86. The van der Waals surface area contributed by atoms with Gasteiger partial charge in [-0.1, -0.05) is 12.1 Å². The first kappa shape index (κ1) is 20.5. The minimum absolute atomic E-state index is 0.0895. The molecule has 2 aromatic rings. The standard InChI is InChI=1S/C18H21F3N4O2/c1-5-25(14-9-13(23-24-14)18(19,20)21)17(27)15-11(4)7-6-8-12(15)16(26)22-10(2)3/h6-10H,5H2,1-4H3,(H,22,26)(H,23,24). The number of aromatic amines is 1. The van der Waals surface area contributed by atoms with Crippen molar-refractivity contribution in [1.82, 2.24) is 15.5 Å². The summed E-state index contributed by atoms with van der Waals surface area (Å²) in [6, 6.07) is 5.47. The van der Waals surface area contributed by atoms with Crippen LogP contribution < -0.4 is 10.2 Å². The molecule has 2 rings (SSSR count). The summed E-state index contributed by atoms with van der Waals surface area (Å²) in [6.45, 7) is 6.96. The Morgan fingerprint density at radius 3 is 2.48 bits per heavy atom. The summed E-state index contributed by atoms with van der Waals surface area (Å²) in [7, 11) is 0. The molecule has 0 saturated carbocycles. The average Bonchev–Trinajstić information content (AvgIpc) is 3.04. The highest BCUT2D eigenvalue weighted by Crippen LogP contribution is 2.30. The van der Waals surface area contributed by atoms with Gasteiger partial charge in [0.05, 0.1) is 11.1 Å². The lowest BCUT2D eigenvalue weighted by Gasteiger charge is -2.22. The number of rotatable bonds is 5. The van der Waals surface area contributed by atoms with E-state index in [9.17, 15) is 22.8 Å². The lowest BCUT2D eigenvalue weighted by molar-refractivity contribution is -0.141. The van der Waals surface area contributed by atoms with Gasteiger partial charge in [-0.05, 0) is 39.3 Å². The highest BCUT2D eigenvalue weighted by atomic mass is 19.4. The number of aryl methyl sites for hydroxylation is 1. The molecule has 0 radical (unpaired) electrons. The van der Waals surface area contributed by atoms with Crippen LogP contribution in [0.3, 0.4) is 0 Å². The van der Waals surface area contributed by atoms with E-state index in [1.807, 2.05) is 0 Å². The van der Waals surface area contributed by atoms with Crippen molar-refractivity contribution in [1.29, 1.82) is 0 Å². The molecular weight excluding hydrogens is 361 g/mol. The molecule has 1 heterocycles. The van der Waals surface area contributed by atoms with Crippen molar-refractivity contribution in [3.05, 3.63) is 46.6 Å². The third kappa shape index (κ3) is 4.47. The highest BCUT2D eigenvalue weighted by molar-refractivity contribution is 6.13. The summed E-state index contributed by atoms with van der Waals surface area (Å²) >= 11 is 0. The zero-order valence-electron chi connectivity index (χ0n) is 15.4. The molecule has 0 aliphatic carbocycles. The van der Waals surface area contributed by atoms with Crippen LogP contribution in [0.25, 0.3) is 0 Å². The van der Waals surface area contributed by atoms with Crippen molar-refractivity contribution in [3.63, 3.8) is 0 Å². The van der Waals surface area contributed by atoms with E-state index in [-0.39, 0.29) is 29.5 Å². The number of benzene rings is 1. The number of hydrogen-bond donors (Lipinski definition) is 2. The highest BCUT2D eigenvalue weighted by Gasteiger charge is 2.35. The molecule has 0 saturated heterocycles. The fraction of sp³-hybridized carbons (Fsp3) is 0.389. The van der Waals surface area contributed by atoms with Crippen LogP contribution in [0.1, 0.15) is 52.7 Å². The summed E-state index contributed by atoms with van der Waals surface area (Å²) in [5.41, 5.74) is -0.264. The van der Waals surface area contributed by atoms with Gasteiger partial charge >= 0.3 is 6.18 Å². The molecule has 27 heavy (non-hydrogen) atoms. The fourth-order valence-corrected chi connectivity index (χ4v) is 2.63. The Bertz CT molecular complexity index is 843. The molecule has 0 aliphatic rings. The Morgan fingerprint density at radius 2 is 1.96 bits per heavy atom. The molecule has 0 unspecified atom stereocenters. The molecule has 2 amide bonds. The first-order valence-electron chi connectivity index (χ1n) is 8.41. The first-order valence-corrected chi connectivity index (χ1v) is 8.41. The third-order valence-electron chi connectivity index (χ3n) is 3.86. The van der Waals surface area contributed by atoms with Gasteiger partial charge < -0.3 is 5.32 Å². The largest absolute Gasteiger partial charge is 0.435 e. The number of hydrogen-bond acceptors (Lipinski definition) is 3. The van der Waals surface area contributed by atoms with Crippen LogP contribution in [0.2, 0.25) is 0 Å². The molecule has 0 bridgehead atoms. The van der Waals surface area contributed by atoms with Crippen LogP contribution in [0.5, 0.6) is 0 Å². The van der Waals surface area contributed by atoms with E-state index in [0.29, 0.717) is 5.56 Å². The van der Waals surface area contributed by atoms with Gasteiger partial charge in [0.25, 0.3) is 11.8 Å². The van der Waals surface area contributed by atoms with Crippen LogP contribution in [-0.4, -0.2) is 34.6 Å². The molecule has 2 N–H and O–H groups in total. The Labute approximate surface area is 154 Å². The van der Waals surface area contributed by atoms with E-state index in [1.54, 1.807) is 39.8 Å².